The third kappa shape index (κ3) is 3.82. The monoisotopic (exact) mass is 305 g/mol. The molecule has 0 aliphatic carbocycles. The number of rotatable bonds is 6. The minimum atomic E-state index is -0.470. The zero-order valence-electron chi connectivity index (χ0n) is 11.7. The van der Waals surface area contributed by atoms with Gasteiger partial charge in [-0.15, -0.1) is 11.3 Å². The summed E-state index contributed by atoms with van der Waals surface area (Å²) in [5, 5.41) is 0. The Morgan fingerprint density at radius 1 is 1.29 bits per heavy atom. The van der Waals surface area contributed by atoms with Crippen LogP contribution in [0.25, 0.3) is 5.57 Å². The number of hydrogen-bond acceptors (Lipinski definition) is 6. The molecule has 2 rings (SSSR count). The van der Waals surface area contributed by atoms with E-state index in [0.29, 0.717) is 16.1 Å². The van der Waals surface area contributed by atoms with Crippen LogP contribution in [0.3, 0.4) is 0 Å². The van der Waals surface area contributed by atoms with E-state index in [-0.39, 0.29) is 6.61 Å². The van der Waals surface area contributed by atoms with E-state index in [1.807, 2.05) is 30.3 Å². The minimum Gasteiger partial charge on any atom is -0.503 e. The second kappa shape index (κ2) is 7.44. The number of carbonyl (C=O) groups is 1. The Hall–Kier alpha value is -2.34. The number of benzene rings is 1. The van der Waals surface area contributed by atoms with Crippen molar-refractivity contribution < 1.29 is 19.0 Å². The van der Waals surface area contributed by atoms with Crippen LogP contribution < -0.4 is 4.74 Å². The molecule has 0 saturated carbocycles. The van der Waals surface area contributed by atoms with Gasteiger partial charge in [0.05, 0.1) is 36.6 Å². The highest BCUT2D eigenvalue weighted by Gasteiger charge is 2.19. The van der Waals surface area contributed by atoms with Crippen molar-refractivity contribution in [2.75, 3.05) is 14.2 Å². The molecule has 1 aromatic carbocycles. The van der Waals surface area contributed by atoms with E-state index < -0.39 is 5.97 Å². The van der Waals surface area contributed by atoms with Crippen LogP contribution in [-0.4, -0.2) is 25.2 Å². The van der Waals surface area contributed by atoms with Gasteiger partial charge in [-0.05, 0) is 12.1 Å². The topological polar surface area (TPSA) is 57.7 Å². The number of carbonyl (C=O) groups excluding carboxylic acids is 1. The van der Waals surface area contributed by atoms with E-state index in [1.54, 1.807) is 5.51 Å². The third-order valence-electron chi connectivity index (χ3n) is 2.65. The number of nitrogens with zero attached hydrogens (tertiary/aromatic N) is 1. The molecule has 110 valence electrons. The van der Waals surface area contributed by atoms with Crippen molar-refractivity contribution in [2.24, 2.45) is 0 Å². The highest BCUT2D eigenvalue weighted by Crippen LogP contribution is 2.25. The molecule has 1 heterocycles. The summed E-state index contributed by atoms with van der Waals surface area (Å²) in [7, 11) is 2.80. The largest absolute Gasteiger partial charge is 0.503 e. The summed E-state index contributed by atoms with van der Waals surface area (Å²) < 4.78 is 15.4. The van der Waals surface area contributed by atoms with Gasteiger partial charge < -0.3 is 14.2 Å². The van der Waals surface area contributed by atoms with E-state index in [0.717, 1.165) is 5.75 Å². The SMILES string of the molecule is CO/C=C(/C(=O)OC)c1scnc1COc1ccccc1. The van der Waals surface area contributed by atoms with Crippen molar-refractivity contribution in [2.45, 2.75) is 6.61 Å². The molecule has 2 aromatic rings. The predicted molar refractivity (Wildman–Crippen MR) is 79.9 cm³/mol. The summed E-state index contributed by atoms with van der Waals surface area (Å²) in [6, 6.07) is 9.41. The van der Waals surface area contributed by atoms with Gasteiger partial charge in [0.2, 0.25) is 0 Å². The lowest BCUT2D eigenvalue weighted by Gasteiger charge is -2.07. The molecule has 21 heavy (non-hydrogen) atoms. The van der Waals surface area contributed by atoms with Crippen LogP contribution in [0.1, 0.15) is 10.6 Å². The predicted octanol–water partition coefficient (Wildman–Crippen LogP) is 2.88. The van der Waals surface area contributed by atoms with Crippen molar-refractivity contribution in [1.82, 2.24) is 4.98 Å². The van der Waals surface area contributed by atoms with Gasteiger partial charge >= 0.3 is 5.97 Å². The normalized spacial score (nSPS) is 11.0. The molecule has 0 bridgehead atoms. The van der Waals surface area contributed by atoms with Crippen LogP contribution in [0.2, 0.25) is 0 Å². The van der Waals surface area contributed by atoms with Crippen molar-refractivity contribution in [3.05, 3.63) is 52.7 Å². The van der Waals surface area contributed by atoms with Crippen molar-refractivity contribution in [3.63, 3.8) is 0 Å². The number of aromatic nitrogens is 1. The maximum atomic E-state index is 11.8. The second-order valence-electron chi connectivity index (χ2n) is 3.99. The highest BCUT2D eigenvalue weighted by atomic mass is 32.1. The molecule has 1 aromatic heterocycles. The van der Waals surface area contributed by atoms with E-state index in [2.05, 4.69) is 4.98 Å². The molecule has 0 unspecified atom stereocenters. The molecule has 0 radical (unpaired) electrons. The summed E-state index contributed by atoms with van der Waals surface area (Å²) in [5.74, 6) is 0.272. The van der Waals surface area contributed by atoms with Crippen LogP contribution in [0.5, 0.6) is 5.75 Å². The molecule has 0 N–H and O–H groups in total. The molecular formula is C15H15NO4S. The molecule has 0 spiro atoms. The summed E-state index contributed by atoms with van der Waals surface area (Å²) in [6.07, 6.45) is 1.35. The van der Waals surface area contributed by atoms with E-state index in [1.165, 1.54) is 31.8 Å². The molecule has 0 saturated heterocycles. The summed E-state index contributed by atoms with van der Waals surface area (Å²) in [6.45, 7) is 0.265. The summed E-state index contributed by atoms with van der Waals surface area (Å²) >= 11 is 1.34. The van der Waals surface area contributed by atoms with Crippen LogP contribution in [-0.2, 0) is 20.9 Å². The van der Waals surface area contributed by atoms with Gasteiger partial charge in [0.15, 0.2) is 0 Å². The molecule has 0 amide bonds. The Kier molecular flexibility index (Phi) is 5.34. The Morgan fingerprint density at radius 3 is 2.71 bits per heavy atom. The first-order chi connectivity index (χ1) is 10.3. The van der Waals surface area contributed by atoms with E-state index in [4.69, 9.17) is 14.2 Å². The number of para-hydroxylation sites is 1. The van der Waals surface area contributed by atoms with Crippen LogP contribution in [0.4, 0.5) is 0 Å². The number of esters is 1. The second-order valence-corrected chi connectivity index (χ2v) is 4.84. The molecular weight excluding hydrogens is 290 g/mol. The maximum absolute atomic E-state index is 11.8. The molecule has 0 aliphatic rings. The fourth-order valence-electron chi connectivity index (χ4n) is 1.68. The lowest BCUT2D eigenvalue weighted by molar-refractivity contribution is -0.133. The van der Waals surface area contributed by atoms with Gasteiger partial charge in [0.1, 0.15) is 17.9 Å². The average Bonchev–Trinajstić information content (AvgIpc) is 2.99. The van der Waals surface area contributed by atoms with E-state index >= 15 is 0 Å². The quantitative estimate of drug-likeness (QED) is 0.466. The fourth-order valence-corrected chi connectivity index (χ4v) is 2.47. The zero-order chi connectivity index (χ0) is 15.1. The fraction of sp³-hybridized carbons (Fsp3) is 0.200. The molecule has 0 aliphatic heterocycles. The number of hydrogen-bond donors (Lipinski definition) is 0. The average molecular weight is 305 g/mol. The van der Waals surface area contributed by atoms with E-state index in [9.17, 15) is 4.79 Å². The molecule has 0 atom stereocenters. The van der Waals surface area contributed by atoms with Crippen LogP contribution in [0, 0.1) is 0 Å². The lowest BCUT2D eigenvalue weighted by Crippen LogP contribution is -2.06. The maximum Gasteiger partial charge on any atom is 0.342 e. The molecule has 0 fully saturated rings. The van der Waals surface area contributed by atoms with Crippen molar-refractivity contribution in [3.8, 4) is 5.75 Å². The Bertz CT molecular complexity index is 622. The molecule has 5 nitrogen and oxygen atoms in total. The van der Waals surface area contributed by atoms with Gasteiger partial charge in [0, 0.05) is 0 Å². The van der Waals surface area contributed by atoms with Crippen molar-refractivity contribution >= 4 is 22.9 Å². The zero-order valence-corrected chi connectivity index (χ0v) is 12.6. The summed E-state index contributed by atoms with van der Waals surface area (Å²) in [5.41, 5.74) is 2.65. The Labute approximate surface area is 126 Å². The molecule has 6 heteroatoms. The van der Waals surface area contributed by atoms with Crippen LogP contribution in [0.15, 0.2) is 42.1 Å². The smallest absolute Gasteiger partial charge is 0.342 e. The minimum absolute atomic E-state index is 0.265. The Morgan fingerprint density at radius 2 is 2.05 bits per heavy atom. The van der Waals surface area contributed by atoms with Gasteiger partial charge in [-0.25, -0.2) is 9.78 Å². The van der Waals surface area contributed by atoms with Crippen molar-refractivity contribution in [1.29, 1.82) is 0 Å². The first kappa shape index (κ1) is 15.1. The van der Waals surface area contributed by atoms with Crippen LogP contribution >= 0.6 is 11.3 Å². The number of thiazole rings is 1. The Balaban J connectivity index is 2.17. The highest BCUT2D eigenvalue weighted by molar-refractivity contribution is 7.11. The number of ether oxygens (including phenoxy) is 3. The van der Waals surface area contributed by atoms with Gasteiger partial charge in [0.25, 0.3) is 0 Å². The van der Waals surface area contributed by atoms with Gasteiger partial charge in [-0.1, -0.05) is 18.2 Å². The standard InChI is InChI=1S/C15H15NO4S/c1-18-8-12(15(17)19-2)14-13(16-10-21-14)9-20-11-6-4-3-5-7-11/h3-8,10H,9H2,1-2H3/b12-8+. The van der Waals surface area contributed by atoms with Gasteiger partial charge in [-0.2, -0.15) is 0 Å². The third-order valence-corrected chi connectivity index (χ3v) is 3.55. The lowest BCUT2D eigenvalue weighted by atomic mass is 10.2. The van der Waals surface area contributed by atoms with Gasteiger partial charge in [-0.3, -0.25) is 0 Å². The summed E-state index contributed by atoms with van der Waals surface area (Å²) in [4.78, 5) is 16.7. The number of methoxy groups -OCH3 is 2. The first-order valence-corrected chi connectivity index (χ1v) is 7.06. The first-order valence-electron chi connectivity index (χ1n) is 6.18.